The molecule has 0 unspecified atom stereocenters. The van der Waals surface area contributed by atoms with Crippen molar-refractivity contribution >= 4 is 10.9 Å². The predicted octanol–water partition coefficient (Wildman–Crippen LogP) is 4.58. The van der Waals surface area contributed by atoms with E-state index in [0.717, 1.165) is 54.7 Å². The largest absolute Gasteiger partial charge is 0.489 e. The van der Waals surface area contributed by atoms with E-state index in [0.29, 0.717) is 6.61 Å². The molecule has 146 valence electrons. The Morgan fingerprint density at radius 3 is 2.64 bits per heavy atom. The highest BCUT2D eigenvalue weighted by molar-refractivity contribution is 5.82. The average molecular weight is 377 g/mol. The van der Waals surface area contributed by atoms with Crippen molar-refractivity contribution in [3.05, 3.63) is 76.1 Å². The second kappa shape index (κ2) is 7.80. The van der Waals surface area contributed by atoms with Gasteiger partial charge in [-0.2, -0.15) is 0 Å². The first-order valence-corrected chi connectivity index (χ1v) is 10.0. The van der Waals surface area contributed by atoms with E-state index in [1.54, 1.807) is 10.6 Å². The zero-order valence-electron chi connectivity index (χ0n) is 16.6. The van der Waals surface area contributed by atoms with Crippen LogP contribution in [-0.4, -0.2) is 17.8 Å². The molecule has 2 heterocycles. The minimum absolute atomic E-state index is 0.00801. The number of ether oxygens (including phenoxy) is 2. The van der Waals surface area contributed by atoms with Gasteiger partial charge in [0.2, 0.25) is 0 Å². The molecule has 0 spiro atoms. The van der Waals surface area contributed by atoms with Crippen LogP contribution < -0.4 is 10.3 Å². The number of benzene rings is 2. The molecule has 1 aliphatic heterocycles. The SMILES string of the molecule is CCC1(c2cccc(OCc3cccc4ccc(=O)n(C)c34)c2)CCOCC1. The Morgan fingerprint density at radius 1 is 1.07 bits per heavy atom. The lowest BCUT2D eigenvalue weighted by Gasteiger charge is -2.37. The van der Waals surface area contributed by atoms with Crippen molar-refractivity contribution in [1.82, 2.24) is 4.57 Å². The van der Waals surface area contributed by atoms with Crippen molar-refractivity contribution in [3.63, 3.8) is 0 Å². The molecule has 0 atom stereocenters. The van der Waals surface area contributed by atoms with Crippen molar-refractivity contribution < 1.29 is 9.47 Å². The van der Waals surface area contributed by atoms with Crippen LogP contribution in [0.25, 0.3) is 10.9 Å². The van der Waals surface area contributed by atoms with Crippen LogP contribution in [0.4, 0.5) is 0 Å². The van der Waals surface area contributed by atoms with Gasteiger partial charge in [0.1, 0.15) is 12.4 Å². The summed E-state index contributed by atoms with van der Waals surface area (Å²) in [5, 5.41) is 1.05. The van der Waals surface area contributed by atoms with Crippen molar-refractivity contribution in [2.75, 3.05) is 13.2 Å². The number of nitrogens with zero attached hydrogens (tertiary/aromatic N) is 1. The maximum atomic E-state index is 12.1. The highest BCUT2D eigenvalue weighted by Gasteiger charge is 2.32. The van der Waals surface area contributed by atoms with Crippen LogP contribution in [0.2, 0.25) is 0 Å². The molecule has 3 aromatic rings. The van der Waals surface area contributed by atoms with E-state index >= 15 is 0 Å². The normalized spacial score (nSPS) is 16.2. The van der Waals surface area contributed by atoms with Crippen LogP contribution in [0.15, 0.2) is 59.4 Å². The summed E-state index contributed by atoms with van der Waals surface area (Å²) in [5.41, 5.74) is 3.45. The van der Waals surface area contributed by atoms with Gasteiger partial charge in [-0.1, -0.05) is 37.3 Å². The van der Waals surface area contributed by atoms with Crippen LogP contribution in [0.5, 0.6) is 5.75 Å². The number of aromatic nitrogens is 1. The fourth-order valence-electron chi connectivity index (χ4n) is 4.34. The summed E-state index contributed by atoms with van der Waals surface area (Å²) in [6.45, 7) is 4.34. The molecule has 0 saturated carbocycles. The number of hydrogen-bond acceptors (Lipinski definition) is 3. The Morgan fingerprint density at radius 2 is 1.86 bits per heavy atom. The maximum Gasteiger partial charge on any atom is 0.250 e. The van der Waals surface area contributed by atoms with Crippen LogP contribution >= 0.6 is 0 Å². The van der Waals surface area contributed by atoms with E-state index < -0.39 is 0 Å². The van der Waals surface area contributed by atoms with Gasteiger partial charge in [0.25, 0.3) is 5.56 Å². The predicted molar refractivity (Wildman–Crippen MR) is 112 cm³/mol. The van der Waals surface area contributed by atoms with Gasteiger partial charge in [0.05, 0.1) is 5.52 Å². The molecule has 1 aliphatic rings. The van der Waals surface area contributed by atoms with Crippen LogP contribution in [-0.2, 0) is 23.8 Å². The lowest BCUT2D eigenvalue weighted by molar-refractivity contribution is 0.0484. The second-order valence-corrected chi connectivity index (χ2v) is 7.65. The lowest BCUT2D eigenvalue weighted by Crippen LogP contribution is -2.33. The van der Waals surface area contributed by atoms with Gasteiger partial charge in [-0.25, -0.2) is 0 Å². The Balaban J connectivity index is 1.61. The molecule has 28 heavy (non-hydrogen) atoms. The van der Waals surface area contributed by atoms with Crippen molar-refractivity contribution in [2.45, 2.75) is 38.2 Å². The molecule has 0 radical (unpaired) electrons. The molecule has 4 heteroatoms. The molecule has 0 amide bonds. The molecule has 2 aromatic carbocycles. The summed E-state index contributed by atoms with van der Waals surface area (Å²) in [6.07, 6.45) is 3.21. The molecular weight excluding hydrogens is 350 g/mol. The lowest BCUT2D eigenvalue weighted by atomic mass is 9.72. The van der Waals surface area contributed by atoms with Crippen LogP contribution in [0.3, 0.4) is 0 Å². The Labute approximate surface area is 165 Å². The molecular formula is C24H27NO3. The maximum absolute atomic E-state index is 12.1. The van der Waals surface area contributed by atoms with E-state index in [2.05, 4.69) is 25.1 Å². The molecule has 4 rings (SSSR count). The van der Waals surface area contributed by atoms with Gasteiger partial charge >= 0.3 is 0 Å². The van der Waals surface area contributed by atoms with E-state index in [-0.39, 0.29) is 11.0 Å². The summed E-state index contributed by atoms with van der Waals surface area (Å²) in [7, 11) is 1.81. The topological polar surface area (TPSA) is 40.5 Å². The van der Waals surface area contributed by atoms with Gasteiger partial charge in [-0.05, 0) is 53.8 Å². The summed E-state index contributed by atoms with van der Waals surface area (Å²) < 4.78 is 13.4. The molecule has 0 aliphatic carbocycles. The van der Waals surface area contributed by atoms with Gasteiger partial charge < -0.3 is 14.0 Å². The van der Waals surface area contributed by atoms with E-state index in [1.165, 1.54) is 5.56 Å². The first kappa shape index (κ1) is 18.8. The van der Waals surface area contributed by atoms with Crippen LogP contribution in [0.1, 0.15) is 37.3 Å². The molecule has 1 aromatic heterocycles. The van der Waals surface area contributed by atoms with E-state index in [1.807, 2.05) is 37.4 Å². The number of para-hydroxylation sites is 1. The minimum Gasteiger partial charge on any atom is -0.489 e. The number of hydrogen-bond donors (Lipinski definition) is 0. The highest BCUT2D eigenvalue weighted by Crippen LogP contribution is 2.39. The molecule has 0 bridgehead atoms. The Bertz CT molecular complexity index is 1030. The third-order valence-corrected chi connectivity index (χ3v) is 6.19. The average Bonchev–Trinajstić information content (AvgIpc) is 2.75. The van der Waals surface area contributed by atoms with Gasteiger partial charge in [-0.3, -0.25) is 4.79 Å². The van der Waals surface area contributed by atoms with Crippen molar-refractivity contribution in [1.29, 1.82) is 0 Å². The van der Waals surface area contributed by atoms with Gasteiger partial charge in [0, 0.05) is 31.9 Å². The van der Waals surface area contributed by atoms with Crippen LogP contribution in [0, 0.1) is 0 Å². The summed E-state index contributed by atoms with van der Waals surface area (Å²) in [4.78, 5) is 12.1. The van der Waals surface area contributed by atoms with E-state index in [9.17, 15) is 4.79 Å². The molecule has 0 N–H and O–H groups in total. The standard InChI is InChI=1S/C24H27NO3/c1-3-24(12-14-27-15-13-24)20-8-5-9-21(16-20)28-17-19-7-4-6-18-10-11-22(26)25(2)23(18)19/h4-11,16H,3,12-15,17H2,1-2H3. The first-order valence-electron chi connectivity index (χ1n) is 10.0. The summed E-state index contributed by atoms with van der Waals surface area (Å²) >= 11 is 0. The first-order chi connectivity index (χ1) is 13.6. The summed E-state index contributed by atoms with van der Waals surface area (Å²) in [6, 6.07) is 18.0. The van der Waals surface area contributed by atoms with Crippen molar-refractivity contribution in [3.8, 4) is 5.75 Å². The number of rotatable bonds is 5. The molecule has 4 nitrogen and oxygen atoms in total. The highest BCUT2D eigenvalue weighted by atomic mass is 16.5. The third-order valence-electron chi connectivity index (χ3n) is 6.19. The summed E-state index contributed by atoms with van der Waals surface area (Å²) in [5.74, 6) is 0.870. The Kier molecular flexibility index (Phi) is 5.23. The monoisotopic (exact) mass is 377 g/mol. The number of pyridine rings is 1. The third kappa shape index (κ3) is 3.45. The Hall–Kier alpha value is -2.59. The number of fused-ring (bicyclic) bond motifs is 1. The quantitative estimate of drug-likeness (QED) is 0.654. The van der Waals surface area contributed by atoms with E-state index in [4.69, 9.17) is 9.47 Å². The molecule has 1 saturated heterocycles. The smallest absolute Gasteiger partial charge is 0.250 e. The minimum atomic E-state index is -0.00801. The fourth-order valence-corrected chi connectivity index (χ4v) is 4.34. The van der Waals surface area contributed by atoms with Gasteiger partial charge in [0.15, 0.2) is 0 Å². The van der Waals surface area contributed by atoms with Crippen molar-refractivity contribution in [2.24, 2.45) is 7.05 Å². The zero-order chi connectivity index (χ0) is 19.6. The van der Waals surface area contributed by atoms with Gasteiger partial charge in [-0.15, -0.1) is 0 Å². The fraction of sp³-hybridized carbons (Fsp3) is 0.375. The number of aryl methyl sites for hydroxylation is 1. The zero-order valence-corrected chi connectivity index (χ0v) is 16.6. The molecule has 1 fully saturated rings. The second-order valence-electron chi connectivity index (χ2n) is 7.65.